The molecule has 0 aliphatic heterocycles. The quantitative estimate of drug-likeness (QED) is 0.270. The fourth-order valence-corrected chi connectivity index (χ4v) is 8.29. The van der Waals surface area contributed by atoms with Crippen molar-refractivity contribution in [2.75, 3.05) is 6.61 Å². The summed E-state index contributed by atoms with van der Waals surface area (Å²) < 4.78 is 0. The topological polar surface area (TPSA) is 172 Å². The Morgan fingerprint density at radius 2 is 1.95 bits per heavy atom. The molecule has 4 aliphatic rings. The number of benzene rings is 1. The highest BCUT2D eigenvalue weighted by atomic mass is 16.6. The predicted octanol–water partition coefficient (Wildman–Crippen LogP) is 3.89. The Morgan fingerprint density at radius 1 is 1.17 bits per heavy atom. The maximum Gasteiger partial charge on any atom is 0.329 e. The second-order valence-corrected chi connectivity index (χ2v) is 12.7. The first-order valence-electron chi connectivity index (χ1n) is 14.5. The fourth-order valence-electron chi connectivity index (χ4n) is 8.29. The zero-order valence-electron chi connectivity index (χ0n) is 23.5. The number of allylic oxidation sites excluding steroid dienone is 2. The van der Waals surface area contributed by atoms with Gasteiger partial charge in [0.1, 0.15) is 6.10 Å². The van der Waals surface area contributed by atoms with Crippen LogP contribution in [0.1, 0.15) is 76.9 Å². The Balaban J connectivity index is 1.19. The van der Waals surface area contributed by atoms with Crippen LogP contribution in [0.2, 0.25) is 0 Å². The number of carbonyl (C=O) groups excluding carboxylic acids is 1. The lowest BCUT2D eigenvalue weighted by Gasteiger charge is -2.57. The van der Waals surface area contributed by atoms with E-state index in [1.54, 1.807) is 0 Å². The number of carboxylic acids is 1. The van der Waals surface area contributed by atoms with E-state index in [-0.39, 0.29) is 28.2 Å². The third kappa shape index (κ3) is 5.37. The van der Waals surface area contributed by atoms with Gasteiger partial charge in [0.05, 0.1) is 16.7 Å². The second-order valence-electron chi connectivity index (χ2n) is 12.7. The molecule has 0 aromatic heterocycles. The first kappa shape index (κ1) is 29.2. The summed E-state index contributed by atoms with van der Waals surface area (Å²) in [6.07, 6.45) is 8.16. The van der Waals surface area contributed by atoms with Crippen LogP contribution in [0.5, 0.6) is 0 Å². The molecule has 1 amide bonds. The summed E-state index contributed by atoms with van der Waals surface area (Å²) in [5.41, 5.74) is 1.93. The van der Waals surface area contributed by atoms with Gasteiger partial charge in [0, 0.05) is 12.1 Å². The molecule has 11 heteroatoms. The van der Waals surface area contributed by atoms with Crippen LogP contribution in [0, 0.1) is 38.7 Å². The predicted molar refractivity (Wildman–Crippen MR) is 149 cm³/mol. The normalized spacial score (nSPS) is 34.8. The Labute approximate surface area is 238 Å². The molecule has 0 radical (unpaired) electrons. The molecule has 4 N–H and O–H groups in total. The van der Waals surface area contributed by atoms with Crippen LogP contribution in [-0.2, 0) is 14.4 Å². The number of non-ortho nitro benzene ring substituents is 1. The van der Waals surface area contributed by atoms with E-state index in [0.717, 1.165) is 56.7 Å². The number of carboxylic acid groups (broad SMARTS) is 1. The van der Waals surface area contributed by atoms with E-state index in [1.165, 1.54) is 23.8 Å². The van der Waals surface area contributed by atoms with Crippen LogP contribution in [0.3, 0.4) is 0 Å². The molecule has 5 rings (SSSR count). The summed E-state index contributed by atoms with van der Waals surface area (Å²) in [6, 6.07) is 3.24. The molecule has 0 heterocycles. The molecule has 0 unspecified atom stereocenters. The van der Waals surface area contributed by atoms with Gasteiger partial charge in [0.2, 0.25) is 0 Å². The number of nitro benzene ring substituents is 1. The van der Waals surface area contributed by atoms with Gasteiger partial charge in [-0.25, -0.2) is 4.79 Å². The maximum absolute atomic E-state index is 12.5. The minimum absolute atomic E-state index is 0.00800. The Kier molecular flexibility index (Phi) is 7.95. The molecule has 41 heavy (non-hydrogen) atoms. The molecule has 8 atom stereocenters. The zero-order valence-corrected chi connectivity index (χ0v) is 23.5. The highest BCUT2D eigenvalue weighted by Crippen LogP contribution is 2.65. The number of fused-ring (bicyclic) bond motifs is 5. The van der Waals surface area contributed by atoms with Gasteiger partial charge in [-0.05, 0) is 91.6 Å². The van der Waals surface area contributed by atoms with Crippen molar-refractivity contribution in [3.63, 3.8) is 0 Å². The highest BCUT2D eigenvalue weighted by molar-refractivity contribution is 5.96. The lowest BCUT2D eigenvalue weighted by atomic mass is 9.47. The molecule has 1 aromatic carbocycles. The smallest absolute Gasteiger partial charge is 0.329 e. The van der Waals surface area contributed by atoms with Gasteiger partial charge in [0.25, 0.3) is 11.6 Å². The van der Waals surface area contributed by atoms with Crippen molar-refractivity contribution >= 4 is 23.3 Å². The van der Waals surface area contributed by atoms with Crippen molar-refractivity contribution in [3.05, 3.63) is 51.6 Å². The number of amides is 1. The van der Waals surface area contributed by atoms with Gasteiger partial charge in [-0.15, -0.1) is 0 Å². The number of nitrogens with one attached hydrogen (secondary N) is 1. The molecule has 4 aliphatic carbocycles. The average Bonchev–Trinajstić information content (AvgIpc) is 3.25. The lowest BCUT2D eigenvalue weighted by Crippen LogP contribution is -2.51. The molecule has 11 nitrogen and oxygen atoms in total. The number of hydrogen-bond donors (Lipinski definition) is 4. The third-order valence-corrected chi connectivity index (χ3v) is 10.6. The van der Waals surface area contributed by atoms with E-state index < -0.39 is 35.6 Å². The van der Waals surface area contributed by atoms with Crippen LogP contribution in [0.15, 0.2) is 41.1 Å². The van der Waals surface area contributed by atoms with Gasteiger partial charge in [-0.3, -0.25) is 14.9 Å². The van der Waals surface area contributed by atoms with Crippen molar-refractivity contribution in [2.45, 2.75) is 83.5 Å². The van der Waals surface area contributed by atoms with Crippen LogP contribution in [0.25, 0.3) is 0 Å². The first-order valence-corrected chi connectivity index (χ1v) is 14.5. The molecule has 222 valence electrons. The molecular formula is C30H39N3O8. The number of aliphatic carboxylic acids is 1. The van der Waals surface area contributed by atoms with Crippen LogP contribution < -0.4 is 5.32 Å². The standard InChI is InChI=1S/C30H39N3O8/c1-29-12-10-19(15-18(29)6-7-21-22-8-9-24(34)30(22,2)13-11-23(21)29)32-41-16-25(35)31-26(28(37)38)27(36)17-4-3-5-20(14-17)33(39)40/h3-5,14-15,21-24,26-27,34,36H,6-13,16H2,1-2H3,(H,31,35)(H,37,38)/t21-,22-,23-,24-,26+,27-,29+,30+/m1/s1. The largest absolute Gasteiger partial charge is 0.480 e. The number of aliphatic hydroxyl groups is 2. The van der Waals surface area contributed by atoms with E-state index in [9.17, 15) is 35.0 Å². The second kappa shape index (κ2) is 11.2. The van der Waals surface area contributed by atoms with E-state index in [2.05, 4.69) is 30.4 Å². The molecule has 3 fully saturated rings. The lowest BCUT2D eigenvalue weighted by molar-refractivity contribution is -0.385. The van der Waals surface area contributed by atoms with Crippen molar-refractivity contribution in [3.8, 4) is 0 Å². The molecule has 0 spiro atoms. The van der Waals surface area contributed by atoms with Crippen molar-refractivity contribution in [1.82, 2.24) is 5.32 Å². The van der Waals surface area contributed by atoms with Crippen LogP contribution in [0.4, 0.5) is 5.69 Å². The van der Waals surface area contributed by atoms with E-state index in [0.29, 0.717) is 24.2 Å². The molecule has 0 bridgehead atoms. The van der Waals surface area contributed by atoms with Crippen LogP contribution >= 0.6 is 0 Å². The Hall–Kier alpha value is -3.31. The third-order valence-electron chi connectivity index (χ3n) is 10.6. The van der Waals surface area contributed by atoms with Gasteiger partial charge in [0.15, 0.2) is 12.6 Å². The Bertz CT molecular complexity index is 1280. The molecule has 0 saturated heterocycles. The average molecular weight is 570 g/mol. The van der Waals surface area contributed by atoms with Crippen LogP contribution in [-0.4, -0.2) is 56.6 Å². The zero-order chi connectivity index (χ0) is 29.5. The number of oxime groups is 1. The fraction of sp³-hybridized carbons (Fsp3) is 0.633. The number of aliphatic hydroxyl groups excluding tert-OH is 2. The minimum Gasteiger partial charge on any atom is -0.480 e. The highest BCUT2D eigenvalue weighted by Gasteiger charge is 2.58. The summed E-state index contributed by atoms with van der Waals surface area (Å²) in [5.74, 6) is -0.484. The van der Waals surface area contributed by atoms with E-state index in [4.69, 9.17) is 4.84 Å². The minimum atomic E-state index is -1.73. The number of nitro groups is 1. The summed E-state index contributed by atoms with van der Waals surface area (Å²) in [5, 5.41) is 48.2. The van der Waals surface area contributed by atoms with Gasteiger partial charge < -0.3 is 25.5 Å². The first-order chi connectivity index (χ1) is 19.4. The molecule has 1 aromatic rings. The number of carbonyl (C=O) groups is 2. The maximum atomic E-state index is 12.5. The number of rotatable bonds is 8. The monoisotopic (exact) mass is 569 g/mol. The van der Waals surface area contributed by atoms with E-state index in [1.807, 2.05) is 0 Å². The van der Waals surface area contributed by atoms with Gasteiger partial charge in [-0.2, -0.15) is 0 Å². The van der Waals surface area contributed by atoms with E-state index >= 15 is 0 Å². The summed E-state index contributed by atoms with van der Waals surface area (Å²) in [6.45, 7) is 4.11. The summed E-state index contributed by atoms with van der Waals surface area (Å²) in [4.78, 5) is 39.9. The van der Waals surface area contributed by atoms with Gasteiger partial charge in [-0.1, -0.05) is 36.7 Å². The molecule has 3 saturated carbocycles. The molecular weight excluding hydrogens is 530 g/mol. The number of nitrogens with zero attached hydrogens (tertiary/aromatic N) is 2. The number of hydrogen-bond acceptors (Lipinski definition) is 8. The SMILES string of the molecule is C[C@]12CC[C@@H]3[C@H](CCC4=CC(=NOCC(=O)N[C@H](C(=O)O)[C@H](O)c5cccc([N+](=O)[O-])c5)CC[C@@]43C)[C@H]1CC[C@H]2O. The summed E-state index contributed by atoms with van der Waals surface area (Å²) >= 11 is 0. The summed E-state index contributed by atoms with van der Waals surface area (Å²) in [7, 11) is 0. The van der Waals surface area contributed by atoms with Gasteiger partial charge >= 0.3 is 5.97 Å². The van der Waals surface area contributed by atoms with Crippen molar-refractivity contribution < 1.29 is 34.7 Å². The van der Waals surface area contributed by atoms with Crippen molar-refractivity contribution in [2.24, 2.45) is 33.7 Å². The Morgan fingerprint density at radius 3 is 2.68 bits per heavy atom. The van der Waals surface area contributed by atoms with Crippen molar-refractivity contribution in [1.29, 1.82) is 0 Å².